The van der Waals surface area contributed by atoms with Gasteiger partial charge in [-0.25, -0.2) is 4.98 Å². The van der Waals surface area contributed by atoms with Gasteiger partial charge in [0.15, 0.2) is 0 Å². The van der Waals surface area contributed by atoms with Crippen molar-refractivity contribution in [1.82, 2.24) is 9.97 Å². The summed E-state index contributed by atoms with van der Waals surface area (Å²) in [6.45, 7) is 4.54. The van der Waals surface area contributed by atoms with Crippen molar-refractivity contribution in [2.24, 2.45) is 0 Å². The van der Waals surface area contributed by atoms with Gasteiger partial charge in [-0.05, 0) is 52.4 Å². The van der Waals surface area contributed by atoms with E-state index in [0.29, 0.717) is 23.9 Å². The minimum atomic E-state index is -0.143. The summed E-state index contributed by atoms with van der Waals surface area (Å²) in [5.74, 6) is 0.541. The predicted molar refractivity (Wildman–Crippen MR) is 107 cm³/mol. The number of fused-ring (bicyclic) bond motifs is 2. The molecule has 0 fully saturated rings. The third-order valence-corrected chi connectivity index (χ3v) is 5.27. The average molecular weight is 466 g/mol. The second-order valence-electron chi connectivity index (χ2n) is 5.56. The number of carbonyl (C=O) groups is 1. The SMILES string of the molecule is C=CC(=O)N1CCOc2ccc(-c3c(I)[nH]c4nccc(Cl)c34)cc21. The van der Waals surface area contributed by atoms with Crippen molar-refractivity contribution in [1.29, 1.82) is 0 Å². The monoisotopic (exact) mass is 465 g/mol. The summed E-state index contributed by atoms with van der Waals surface area (Å²) in [6.07, 6.45) is 2.99. The maximum atomic E-state index is 12.2. The van der Waals surface area contributed by atoms with Crippen LogP contribution in [0.4, 0.5) is 5.69 Å². The fraction of sp³-hybridized carbons (Fsp3) is 0.111. The molecule has 3 aromatic rings. The summed E-state index contributed by atoms with van der Waals surface area (Å²) in [6, 6.07) is 7.57. The van der Waals surface area contributed by atoms with Gasteiger partial charge < -0.3 is 14.6 Å². The van der Waals surface area contributed by atoms with Crippen LogP contribution in [0.5, 0.6) is 5.75 Å². The summed E-state index contributed by atoms with van der Waals surface area (Å²) >= 11 is 8.64. The van der Waals surface area contributed by atoms with E-state index in [1.165, 1.54) is 6.08 Å². The first-order valence-corrected chi connectivity index (χ1v) is 9.08. The van der Waals surface area contributed by atoms with E-state index in [2.05, 4.69) is 39.1 Å². The molecule has 0 atom stereocenters. The van der Waals surface area contributed by atoms with Gasteiger partial charge in [0.25, 0.3) is 5.91 Å². The summed E-state index contributed by atoms with van der Waals surface area (Å²) in [5.41, 5.74) is 3.38. The van der Waals surface area contributed by atoms with Crippen LogP contribution in [0.15, 0.2) is 43.1 Å². The highest BCUT2D eigenvalue weighted by molar-refractivity contribution is 14.1. The lowest BCUT2D eigenvalue weighted by Gasteiger charge is -2.29. The Kier molecular flexibility index (Phi) is 4.16. The molecular formula is C18H13ClIN3O2. The standard InChI is InChI=1S/C18H13ClIN3O2/c1-2-14(24)23-7-8-25-13-4-3-10(9-12(13)23)15-16-11(19)5-6-21-18(16)22-17(15)20/h2-6,9H,1,7-8H2,(H,21,22). The fourth-order valence-corrected chi connectivity index (χ4v) is 4.11. The van der Waals surface area contributed by atoms with Crippen LogP contribution in [-0.2, 0) is 4.79 Å². The van der Waals surface area contributed by atoms with Gasteiger partial charge >= 0.3 is 0 Å². The molecule has 0 aliphatic carbocycles. The highest BCUT2D eigenvalue weighted by Crippen LogP contribution is 2.41. The molecule has 126 valence electrons. The molecule has 5 nitrogen and oxygen atoms in total. The van der Waals surface area contributed by atoms with Crippen molar-refractivity contribution in [3.8, 4) is 16.9 Å². The molecule has 7 heteroatoms. The van der Waals surface area contributed by atoms with Crippen molar-refractivity contribution >= 4 is 56.8 Å². The maximum absolute atomic E-state index is 12.2. The second kappa shape index (κ2) is 6.34. The maximum Gasteiger partial charge on any atom is 0.250 e. The van der Waals surface area contributed by atoms with Gasteiger partial charge in [-0.15, -0.1) is 0 Å². The third-order valence-electron chi connectivity index (χ3n) is 4.15. The molecule has 1 aromatic carbocycles. The molecule has 25 heavy (non-hydrogen) atoms. The van der Waals surface area contributed by atoms with Crippen molar-refractivity contribution in [3.63, 3.8) is 0 Å². The number of H-pyrrole nitrogens is 1. The zero-order valence-electron chi connectivity index (χ0n) is 13.1. The summed E-state index contributed by atoms with van der Waals surface area (Å²) < 4.78 is 6.62. The Morgan fingerprint density at radius 2 is 2.28 bits per heavy atom. The van der Waals surface area contributed by atoms with Crippen LogP contribution in [0.1, 0.15) is 0 Å². The molecule has 0 unspecified atom stereocenters. The smallest absolute Gasteiger partial charge is 0.250 e. The molecule has 4 rings (SSSR count). The molecule has 2 aromatic heterocycles. The summed E-state index contributed by atoms with van der Waals surface area (Å²) in [4.78, 5) is 21.5. The third kappa shape index (κ3) is 2.69. The first-order chi connectivity index (χ1) is 12.1. The van der Waals surface area contributed by atoms with Crippen LogP contribution < -0.4 is 9.64 Å². The van der Waals surface area contributed by atoms with E-state index in [0.717, 1.165) is 31.5 Å². The van der Waals surface area contributed by atoms with E-state index in [1.807, 2.05) is 18.2 Å². The normalized spacial score (nSPS) is 13.4. The first kappa shape index (κ1) is 16.4. The molecule has 3 heterocycles. The van der Waals surface area contributed by atoms with Crippen molar-refractivity contribution < 1.29 is 9.53 Å². The molecular weight excluding hydrogens is 453 g/mol. The highest BCUT2D eigenvalue weighted by atomic mass is 127. The number of halogens is 2. The van der Waals surface area contributed by atoms with Crippen LogP contribution in [0.3, 0.4) is 0 Å². The number of carbonyl (C=O) groups excluding carboxylic acids is 1. The Hall–Kier alpha value is -2.06. The fourth-order valence-electron chi connectivity index (χ4n) is 3.03. The van der Waals surface area contributed by atoms with Crippen LogP contribution >= 0.6 is 34.2 Å². The molecule has 1 amide bonds. The van der Waals surface area contributed by atoms with Gasteiger partial charge in [0.2, 0.25) is 0 Å². The Bertz CT molecular complexity index is 1010. The number of hydrogen-bond acceptors (Lipinski definition) is 3. The van der Waals surface area contributed by atoms with Crippen LogP contribution in [0.25, 0.3) is 22.2 Å². The quantitative estimate of drug-likeness (QED) is 0.451. The van der Waals surface area contributed by atoms with Crippen molar-refractivity contribution in [3.05, 3.63) is 51.8 Å². The van der Waals surface area contributed by atoms with Gasteiger partial charge in [0.1, 0.15) is 18.0 Å². The van der Waals surface area contributed by atoms with Crippen molar-refractivity contribution in [2.45, 2.75) is 0 Å². The van der Waals surface area contributed by atoms with Crippen LogP contribution in [0, 0.1) is 3.70 Å². The molecule has 0 spiro atoms. The Labute approximate surface area is 162 Å². The molecule has 0 saturated heterocycles. The molecule has 0 bridgehead atoms. The number of benzene rings is 1. The molecule has 1 aliphatic heterocycles. The Morgan fingerprint density at radius 1 is 1.44 bits per heavy atom. The average Bonchev–Trinajstić information content (AvgIpc) is 2.97. The summed E-state index contributed by atoms with van der Waals surface area (Å²) in [5, 5.41) is 1.50. The number of anilines is 1. The number of aromatic nitrogens is 2. The van der Waals surface area contributed by atoms with Gasteiger partial charge in [0.05, 0.1) is 21.0 Å². The van der Waals surface area contributed by atoms with E-state index in [1.54, 1.807) is 17.2 Å². The van der Waals surface area contributed by atoms with Crippen LogP contribution in [-0.4, -0.2) is 29.0 Å². The molecule has 0 saturated carbocycles. The lowest BCUT2D eigenvalue weighted by Crippen LogP contribution is -2.36. The largest absolute Gasteiger partial charge is 0.490 e. The van der Waals surface area contributed by atoms with Gasteiger partial charge in [0, 0.05) is 17.1 Å². The number of amides is 1. The number of nitrogens with zero attached hydrogens (tertiary/aromatic N) is 2. The van der Waals surface area contributed by atoms with Gasteiger partial charge in [-0.1, -0.05) is 24.2 Å². The van der Waals surface area contributed by atoms with Crippen LogP contribution in [0.2, 0.25) is 5.02 Å². The number of hydrogen-bond donors (Lipinski definition) is 1. The Morgan fingerprint density at radius 3 is 3.08 bits per heavy atom. The van der Waals surface area contributed by atoms with Gasteiger partial charge in [-0.2, -0.15) is 0 Å². The lowest BCUT2D eigenvalue weighted by atomic mass is 10.0. The van der Waals surface area contributed by atoms with E-state index < -0.39 is 0 Å². The first-order valence-electron chi connectivity index (χ1n) is 7.63. The predicted octanol–water partition coefficient (Wildman–Crippen LogP) is 4.40. The minimum absolute atomic E-state index is 0.143. The zero-order valence-corrected chi connectivity index (χ0v) is 16.0. The van der Waals surface area contributed by atoms with E-state index >= 15 is 0 Å². The van der Waals surface area contributed by atoms with E-state index in [4.69, 9.17) is 16.3 Å². The number of aromatic amines is 1. The zero-order chi connectivity index (χ0) is 17.6. The summed E-state index contributed by atoms with van der Waals surface area (Å²) in [7, 11) is 0. The molecule has 0 radical (unpaired) electrons. The second-order valence-corrected chi connectivity index (χ2v) is 7.04. The van der Waals surface area contributed by atoms with E-state index in [-0.39, 0.29) is 5.91 Å². The molecule has 1 N–H and O–H groups in total. The number of rotatable bonds is 2. The van der Waals surface area contributed by atoms with Gasteiger partial charge in [-0.3, -0.25) is 4.79 Å². The number of pyridine rings is 1. The lowest BCUT2D eigenvalue weighted by molar-refractivity contribution is -0.114. The topological polar surface area (TPSA) is 58.2 Å². The number of ether oxygens (including phenoxy) is 1. The minimum Gasteiger partial charge on any atom is -0.490 e. The molecule has 1 aliphatic rings. The van der Waals surface area contributed by atoms with E-state index in [9.17, 15) is 4.79 Å². The van der Waals surface area contributed by atoms with Crippen molar-refractivity contribution in [2.75, 3.05) is 18.1 Å². The number of nitrogens with one attached hydrogen (secondary N) is 1. The Balaban J connectivity index is 1.93. The highest BCUT2D eigenvalue weighted by Gasteiger charge is 2.24.